The van der Waals surface area contributed by atoms with Gasteiger partial charge >= 0.3 is 0 Å². The molecular formula is C27H40N2O6. The van der Waals surface area contributed by atoms with Crippen LogP contribution in [-0.2, 0) is 27.3 Å². The second kappa shape index (κ2) is 14.4. The molecule has 0 bridgehead atoms. The van der Waals surface area contributed by atoms with Gasteiger partial charge in [-0.05, 0) is 56.5 Å². The number of hydrogen-bond donors (Lipinski definition) is 0. The van der Waals surface area contributed by atoms with Crippen molar-refractivity contribution in [3.05, 3.63) is 47.4 Å². The van der Waals surface area contributed by atoms with Gasteiger partial charge in [-0.15, -0.1) is 0 Å². The SMILES string of the molecule is CCOCCCN(CC(=O)N(CCc1ccc(OC)c(OC)c1)Cc1ccc(C)o1)C(=O)C(C)C. The van der Waals surface area contributed by atoms with Gasteiger partial charge in [0.05, 0.1) is 27.3 Å². The highest BCUT2D eigenvalue weighted by molar-refractivity contribution is 5.85. The fraction of sp³-hybridized carbons (Fsp3) is 0.556. The van der Waals surface area contributed by atoms with Crippen LogP contribution in [0.15, 0.2) is 34.7 Å². The lowest BCUT2D eigenvalue weighted by Crippen LogP contribution is -2.45. The molecule has 0 aliphatic carbocycles. The molecule has 0 aliphatic rings. The van der Waals surface area contributed by atoms with Crippen molar-refractivity contribution in [1.29, 1.82) is 0 Å². The van der Waals surface area contributed by atoms with Crippen molar-refractivity contribution in [2.24, 2.45) is 5.92 Å². The Kier molecular flexibility index (Phi) is 11.6. The first-order chi connectivity index (χ1) is 16.8. The van der Waals surface area contributed by atoms with Gasteiger partial charge in [0.1, 0.15) is 11.5 Å². The Balaban J connectivity index is 2.16. The van der Waals surface area contributed by atoms with E-state index in [1.54, 1.807) is 24.0 Å². The van der Waals surface area contributed by atoms with Crippen LogP contribution < -0.4 is 9.47 Å². The van der Waals surface area contributed by atoms with E-state index in [0.717, 1.165) is 11.3 Å². The minimum Gasteiger partial charge on any atom is -0.493 e. The maximum atomic E-state index is 13.4. The van der Waals surface area contributed by atoms with Crippen LogP contribution in [0.2, 0.25) is 0 Å². The van der Waals surface area contributed by atoms with Crippen molar-refractivity contribution in [2.45, 2.75) is 47.1 Å². The molecule has 8 nitrogen and oxygen atoms in total. The van der Waals surface area contributed by atoms with Crippen LogP contribution in [0.25, 0.3) is 0 Å². The Hall–Kier alpha value is -3.00. The summed E-state index contributed by atoms with van der Waals surface area (Å²) in [5.74, 6) is 2.45. The van der Waals surface area contributed by atoms with Gasteiger partial charge < -0.3 is 28.4 Å². The Bertz CT molecular complexity index is 940. The number of carbonyl (C=O) groups excluding carboxylic acids is 2. The minimum atomic E-state index is -0.192. The number of hydrogen-bond acceptors (Lipinski definition) is 6. The lowest BCUT2D eigenvalue weighted by molar-refractivity contribution is -0.143. The number of ether oxygens (including phenoxy) is 3. The van der Waals surface area contributed by atoms with Gasteiger partial charge in [-0.1, -0.05) is 19.9 Å². The highest BCUT2D eigenvalue weighted by Crippen LogP contribution is 2.27. The molecular weight excluding hydrogens is 448 g/mol. The molecule has 1 aromatic carbocycles. The lowest BCUT2D eigenvalue weighted by Gasteiger charge is -2.28. The molecule has 35 heavy (non-hydrogen) atoms. The molecule has 0 radical (unpaired) electrons. The highest BCUT2D eigenvalue weighted by atomic mass is 16.5. The van der Waals surface area contributed by atoms with Crippen LogP contribution >= 0.6 is 0 Å². The summed E-state index contributed by atoms with van der Waals surface area (Å²) in [6, 6.07) is 9.50. The molecule has 2 amide bonds. The van der Waals surface area contributed by atoms with Crippen molar-refractivity contribution in [3.63, 3.8) is 0 Å². The first-order valence-electron chi connectivity index (χ1n) is 12.2. The van der Waals surface area contributed by atoms with E-state index in [1.165, 1.54) is 0 Å². The number of aryl methyl sites for hydroxylation is 1. The van der Waals surface area contributed by atoms with Crippen molar-refractivity contribution in [2.75, 3.05) is 47.1 Å². The highest BCUT2D eigenvalue weighted by Gasteiger charge is 2.24. The maximum Gasteiger partial charge on any atom is 0.242 e. The van der Waals surface area contributed by atoms with Gasteiger partial charge in [0.2, 0.25) is 11.8 Å². The zero-order valence-electron chi connectivity index (χ0n) is 22.0. The van der Waals surface area contributed by atoms with Crippen LogP contribution in [0.3, 0.4) is 0 Å². The average Bonchev–Trinajstić information content (AvgIpc) is 3.27. The molecule has 2 aromatic rings. The summed E-state index contributed by atoms with van der Waals surface area (Å²) in [6.07, 6.45) is 1.30. The first-order valence-corrected chi connectivity index (χ1v) is 12.2. The molecule has 0 saturated heterocycles. The third-order valence-electron chi connectivity index (χ3n) is 5.67. The molecule has 8 heteroatoms. The van der Waals surface area contributed by atoms with Gasteiger partial charge in [0, 0.05) is 32.2 Å². The number of furan rings is 1. The molecule has 0 spiro atoms. The van der Waals surface area contributed by atoms with E-state index in [0.29, 0.717) is 62.9 Å². The molecule has 0 N–H and O–H groups in total. The van der Waals surface area contributed by atoms with E-state index in [4.69, 9.17) is 18.6 Å². The fourth-order valence-electron chi connectivity index (χ4n) is 3.75. The van der Waals surface area contributed by atoms with Crippen LogP contribution in [0.4, 0.5) is 0 Å². The standard InChI is InChI=1S/C27H40N2O6/c1-7-34-16-8-14-29(27(31)20(2)3)19-26(30)28(18-23-11-9-21(4)35-23)15-13-22-10-12-24(32-5)25(17-22)33-6/h9-12,17,20H,7-8,13-16,18-19H2,1-6H3. The fourth-order valence-corrected chi connectivity index (χ4v) is 3.75. The van der Waals surface area contributed by atoms with Gasteiger partial charge in [-0.25, -0.2) is 0 Å². The topological polar surface area (TPSA) is 81.5 Å². The van der Waals surface area contributed by atoms with E-state index >= 15 is 0 Å². The summed E-state index contributed by atoms with van der Waals surface area (Å²) in [5, 5.41) is 0. The summed E-state index contributed by atoms with van der Waals surface area (Å²) in [4.78, 5) is 29.6. The van der Waals surface area contributed by atoms with E-state index in [-0.39, 0.29) is 24.3 Å². The third kappa shape index (κ3) is 8.94. The number of carbonyl (C=O) groups is 2. The predicted molar refractivity (Wildman–Crippen MR) is 135 cm³/mol. The average molecular weight is 489 g/mol. The lowest BCUT2D eigenvalue weighted by atomic mass is 10.1. The van der Waals surface area contributed by atoms with E-state index < -0.39 is 0 Å². The van der Waals surface area contributed by atoms with Crippen molar-refractivity contribution in [3.8, 4) is 11.5 Å². The van der Waals surface area contributed by atoms with Crippen molar-refractivity contribution >= 4 is 11.8 Å². The molecule has 0 saturated carbocycles. The van der Waals surface area contributed by atoms with Crippen LogP contribution in [0, 0.1) is 12.8 Å². The summed E-state index contributed by atoms with van der Waals surface area (Å²) >= 11 is 0. The predicted octanol–water partition coefficient (Wildman–Crippen LogP) is 4.09. The van der Waals surface area contributed by atoms with E-state index in [9.17, 15) is 9.59 Å². The minimum absolute atomic E-state index is 0.0226. The molecule has 1 heterocycles. The number of amides is 2. The van der Waals surface area contributed by atoms with Gasteiger partial charge in [-0.2, -0.15) is 0 Å². The third-order valence-corrected chi connectivity index (χ3v) is 5.67. The second-order valence-electron chi connectivity index (χ2n) is 8.73. The number of nitrogens with zero attached hydrogens (tertiary/aromatic N) is 2. The smallest absolute Gasteiger partial charge is 0.242 e. The quantitative estimate of drug-likeness (QED) is 0.351. The normalized spacial score (nSPS) is 10.9. The van der Waals surface area contributed by atoms with Gasteiger partial charge in [0.25, 0.3) is 0 Å². The zero-order chi connectivity index (χ0) is 25.8. The van der Waals surface area contributed by atoms with Gasteiger partial charge in [-0.3, -0.25) is 9.59 Å². The summed E-state index contributed by atoms with van der Waals surface area (Å²) in [7, 11) is 3.20. The van der Waals surface area contributed by atoms with Crippen LogP contribution in [0.5, 0.6) is 11.5 Å². The Morgan fingerprint density at radius 1 is 1.00 bits per heavy atom. The zero-order valence-corrected chi connectivity index (χ0v) is 22.0. The van der Waals surface area contributed by atoms with E-state index in [2.05, 4.69) is 0 Å². The Morgan fingerprint density at radius 2 is 1.74 bits per heavy atom. The molecule has 194 valence electrons. The monoisotopic (exact) mass is 488 g/mol. The largest absolute Gasteiger partial charge is 0.493 e. The van der Waals surface area contributed by atoms with Crippen LogP contribution in [-0.4, -0.2) is 68.7 Å². The maximum absolute atomic E-state index is 13.4. The van der Waals surface area contributed by atoms with E-state index in [1.807, 2.05) is 58.0 Å². The molecule has 0 fully saturated rings. The second-order valence-corrected chi connectivity index (χ2v) is 8.73. The molecule has 0 aliphatic heterocycles. The molecule has 0 unspecified atom stereocenters. The number of benzene rings is 1. The van der Waals surface area contributed by atoms with Crippen LogP contribution in [0.1, 0.15) is 44.3 Å². The summed E-state index contributed by atoms with van der Waals surface area (Å²) in [5.41, 5.74) is 1.02. The number of rotatable bonds is 15. The molecule has 1 aromatic heterocycles. The van der Waals surface area contributed by atoms with Crippen molar-refractivity contribution in [1.82, 2.24) is 9.80 Å². The van der Waals surface area contributed by atoms with Crippen molar-refractivity contribution < 1.29 is 28.2 Å². The summed E-state index contributed by atoms with van der Waals surface area (Å²) in [6.45, 7) is 10.0. The summed E-state index contributed by atoms with van der Waals surface area (Å²) < 4.78 is 21.9. The first kappa shape index (κ1) is 28.2. The number of methoxy groups -OCH3 is 2. The molecule has 2 rings (SSSR count). The molecule has 0 atom stereocenters. The Morgan fingerprint density at radius 3 is 2.34 bits per heavy atom. The van der Waals surface area contributed by atoms with Gasteiger partial charge in [0.15, 0.2) is 11.5 Å². The Labute approximate surface area is 209 Å².